The second-order valence-corrected chi connectivity index (χ2v) is 5.74. The summed E-state index contributed by atoms with van der Waals surface area (Å²) in [6.45, 7) is 0. The SMILES string of the molecule is N[C@H](c1ccc(C(F)(F)F)s1)C1CCCCC1. The largest absolute Gasteiger partial charge is 0.425 e. The molecule has 2 N–H and O–H groups in total. The Hall–Kier alpha value is -0.550. The van der Waals surface area contributed by atoms with Crippen molar-refractivity contribution >= 4 is 11.3 Å². The van der Waals surface area contributed by atoms with E-state index >= 15 is 0 Å². The molecular weight excluding hydrogens is 247 g/mol. The number of rotatable bonds is 2. The standard InChI is InChI=1S/C12H16F3NS/c13-12(14,15)10-7-6-9(17-10)11(16)8-4-2-1-3-5-8/h6-8,11H,1-5,16H2/t11-/m0/s1. The Morgan fingerprint density at radius 2 is 1.82 bits per heavy atom. The topological polar surface area (TPSA) is 26.0 Å². The van der Waals surface area contributed by atoms with Crippen molar-refractivity contribution in [3.8, 4) is 0 Å². The van der Waals surface area contributed by atoms with Gasteiger partial charge in [0.25, 0.3) is 0 Å². The highest BCUT2D eigenvalue weighted by Gasteiger charge is 2.33. The van der Waals surface area contributed by atoms with Crippen LogP contribution in [0.1, 0.15) is 47.9 Å². The molecule has 1 aliphatic carbocycles. The Labute approximate surface area is 103 Å². The molecule has 0 unspecified atom stereocenters. The van der Waals surface area contributed by atoms with E-state index in [1.54, 1.807) is 0 Å². The van der Waals surface area contributed by atoms with Gasteiger partial charge in [0, 0.05) is 10.9 Å². The maximum Gasteiger partial charge on any atom is 0.425 e. The third-order valence-electron chi connectivity index (χ3n) is 3.39. The van der Waals surface area contributed by atoms with Gasteiger partial charge in [-0.2, -0.15) is 13.2 Å². The maximum absolute atomic E-state index is 12.5. The number of nitrogens with two attached hydrogens (primary N) is 1. The minimum Gasteiger partial charge on any atom is -0.323 e. The lowest BCUT2D eigenvalue weighted by atomic mass is 9.84. The van der Waals surface area contributed by atoms with Crippen molar-refractivity contribution in [2.45, 2.75) is 44.3 Å². The molecule has 0 aromatic carbocycles. The predicted molar refractivity (Wildman–Crippen MR) is 62.8 cm³/mol. The fraction of sp³-hybridized carbons (Fsp3) is 0.667. The minimum atomic E-state index is -4.24. The summed E-state index contributed by atoms with van der Waals surface area (Å²) in [5.41, 5.74) is 6.07. The fourth-order valence-electron chi connectivity index (χ4n) is 2.41. The van der Waals surface area contributed by atoms with Gasteiger partial charge in [0.15, 0.2) is 0 Å². The third kappa shape index (κ3) is 3.01. The molecule has 17 heavy (non-hydrogen) atoms. The van der Waals surface area contributed by atoms with E-state index in [-0.39, 0.29) is 6.04 Å². The molecular formula is C12H16F3NS. The summed E-state index contributed by atoms with van der Waals surface area (Å²) in [6, 6.07) is 2.45. The van der Waals surface area contributed by atoms with Gasteiger partial charge in [0.05, 0.1) is 0 Å². The smallest absolute Gasteiger partial charge is 0.323 e. The average molecular weight is 263 g/mol. The van der Waals surface area contributed by atoms with E-state index in [2.05, 4.69) is 0 Å². The third-order valence-corrected chi connectivity index (χ3v) is 4.62. The van der Waals surface area contributed by atoms with E-state index in [1.165, 1.54) is 12.5 Å². The molecule has 1 saturated carbocycles. The number of thiophene rings is 1. The van der Waals surface area contributed by atoms with Gasteiger partial charge in [-0.1, -0.05) is 19.3 Å². The average Bonchev–Trinajstić information content (AvgIpc) is 2.78. The molecule has 0 radical (unpaired) electrons. The highest BCUT2D eigenvalue weighted by Crippen LogP contribution is 2.40. The lowest BCUT2D eigenvalue weighted by Gasteiger charge is -2.26. The molecule has 1 atom stereocenters. The summed E-state index contributed by atoms with van der Waals surface area (Å²) in [4.78, 5) is 0.128. The van der Waals surface area contributed by atoms with Crippen molar-refractivity contribution in [3.63, 3.8) is 0 Å². The van der Waals surface area contributed by atoms with E-state index in [0.29, 0.717) is 10.8 Å². The first-order valence-electron chi connectivity index (χ1n) is 5.91. The first kappa shape index (κ1) is 12.9. The Balaban J connectivity index is 2.08. The van der Waals surface area contributed by atoms with Crippen molar-refractivity contribution in [3.05, 3.63) is 21.9 Å². The van der Waals surface area contributed by atoms with E-state index in [1.807, 2.05) is 0 Å². The molecule has 0 aliphatic heterocycles. The summed E-state index contributed by atoms with van der Waals surface area (Å²) in [7, 11) is 0. The summed E-state index contributed by atoms with van der Waals surface area (Å²) in [6.07, 6.45) is 1.36. The van der Waals surface area contributed by atoms with Crippen LogP contribution in [0.4, 0.5) is 13.2 Å². The molecule has 0 amide bonds. The number of hydrogen-bond donors (Lipinski definition) is 1. The van der Waals surface area contributed by atoms with Gasteiger partial charge in [-0.25, -0.2) is 0 Å². The normalized spacial score (nSPS) is 20.5. The molecule has 5 heteroatoms. The molecule has 1 aliphatic rings. The van der Waals surface area contributed by atoms with Crippen molar-refractivity contribution in [2.75, 3.05) is 0 Å². The summed E-state index contributed by atoms with van der Waals surface area (Å²) >= 11 is 0.792. The van der Waals surface area contributed by atoms with Crippen LogP contribution in [0.15, 0.2) is 12.1 Å². The van der Waals surface area contributed by atoms with Crippen LogP contribution in [-0.4, -0.2) is 0 Å². The summed E-state index contributed by atoms with van der Waals surface area (Å²) in [5, 5.41) is 0. The molecule has 0 spiro atoms. The molecule has 1 fully saturated rings. The van der Waals surface area contributed by atoms with Crippen LogP contribution >= 0.6 is 11.3 Å². The van der Waals surface area contributed by atoms with Crippen LogP contribution in [0, 0.1) is 5.92 Å². The second kappa shape index (κ2) is 4.98. The minimum absolute atomic E-state index is 0.226. The van der Waals surface area contributed by atoms with Crippen LogP contribution in [0.2, 0.25) is 0 Å². The molecule has 1 nitrogen and oxygen atoms in total. The zero-order valence-corrected chi connectivity index (χ0v) is 10.3. The van der Waals surface area contributed by atoms with Gasteiger partial charge < -0.3 is 5.73 Å². The van der Waals surface area contributed by atoms with Gasteiger partial charge >= 0.3 is 6.18 Å². The molecule has 1 heterocycles. The summed E-state index contributed by atoms with van der Waals surface area (Å²) in [5.74, 6) is 0.350. The number of hydrogen-bond acceptors (Lipinski definition) is 2. The van der Waals surface area contributed by atoms with Crippen LogP contribution in [0.5, 0.6) is 0 Å². The summed E-state index contributed by atoms with van der Waals surface area (Å²) < 4.78 is 37.4. The molecule has 1 aromatic heterocycles. The molecule has 0 saturated heterocycles. The van der Waals surface area contributed by atoms with Gasteiger partial charge in [-0.3, -0.25) is 0 Å². The molecule has 2 rings (SSSR count). The first-order chi connectivity index (χ1) is 7.98. The monoisotopic (exact) mass is 263 g/mol. The van der Waals surface area contributed by atoms with Gasteiger partial charge in [-0.15, -0.1) is 11.3 Å². The molecule has 0 bridgehead atoms. The van der Waals surface area contributed by atoms with Gasteiger partial charge in [0.2, 0.25) is 0 Å². The predicted octanol–water partition coefficient (Wildman–Crippen LogP) is 4.35. The Morgan fingerprint density at radius 1 is 1.18 bits per heavy atom. The highest BCUT2D eigenvalue weighted by molar-refractivity contribution is 7.12. The lowest BCUT2D eigenvalue weighted by molar-refractivity contribution is -0.134. The Kier molecular flexibility index (Phi) is 3.78. The van der Waals surface area contributed by atoms with Crippen molar-refractivity contribution in [1.82, 2.24) is 0 Å². The Morgan fingerprint density at radius 3 is 2.35 bits per heavy atom. The fourth-order valence-corrected chi connectivity index (χ4v) is 3.38. The lowest BCUT2D eigenvalue weighted by Crippen LogP contribution is -2.22. The Bertz CT molecular complexity index is 366. The molecule has 1 aromatic rings. The van der Waals surface area contributed by atoms with Crippen molar-refractivity contribution in [2.24, 2.45) is 11.7 Å². The number of alkyl halides is 3. The van der Waals surface area contributed by atoms with E-state index in [4.69, 9.17) is 5.73 Å². The van der Waals surface area contributed by atoms with Crippen molar-refractivity contribution in [1.29, 1.82) is 0 Å². The van der Waals surface area contributed by atoms with Crippen LogP contribution in [0.3, 0.4) is 0 Å². The zero-order chi connectivity index (χ0) is 12.5. The maximum atomic E-state index is 12.5. The molecule has 96 valence electrons. The van der Waals surface area contributed by atoms with Crippen LogP contribution in [-0.2, 0) is 6.18 Å². The van der Waals surface area contributed by atoms with Crippen LogP contribution < -0.4 is 5.73 Å². The second-order valence-electron chi connectivity index (χ2n) is 4.62. The van der Waals surface area contributed by atoms with E-state index in [0.717, 1.165) is 43.1 Å². The quantitative estimate of drug-likeness (QED) is 0.843. The number of halogens is 3. The zero-order valence-electron chi connectivity index (χ0n) is 9.46. The first-order valence-corrected chi connectivity index (χ1v) is 6.72. The van der Waals surface area contributed by atoms with Gasteiger partial charge in [-0.05, 0) is 30.9 Å². The van der Waals surface area contributed by atoms with Crippen molar-refractivity contribution < 1.29 is 13.2 Å². The van der Waals surface area contributed by atoms with Crippen LogP contribution in [0.25, 0.3) is 0 Å². The van der Waals surface area contributed by atoms with E-state index < -0.39 is 11.1 Å². The van der Waals surface area contributed by atoms with Gasteiger partial charge in [0.1, 0.15) is 4.88 Å². The van der Waals surface area contributed by atoms with E-state index in [9.17, 15) is 13.2 Å². The highest BCUT2D eigenvalue weighted by atomic mass is 32.1.